The van der Waals surface area contributed by atoms with Crippen LogP contribution in [0.4, 0.5) is 0 Å². The van der Waals surface area contributed by atoms with Gasteiger partial charge in [0.25, 0.3) is 0 Å². The van der Waals surface area contributed by atoms with E-state index in [1.807, 2.05) is 31.2 Å². The first-order chi connectivity index (χ1) is 6.63. The van der Waals surface area contributed by atoms with Crippen molar-refractivity contribution < 1.29 is 4.79 Å². The summed E-state index contributed by atoms with van der Waals surface area (Å²) in [4.78, 5) is 11.0. The van der Waals surface area contributed by atoms with Gasteiger partial charge in [0, 0.05) is 5.02 Å². The first-order valence-corrected chi connectivity index (χ1v) is 4.98. The highest BCUT2D eigenvalue weighted by Gasteiger charge is 2.00. The van der Waals surface area contributed by atoms with E-state index in [0.717, 1.165) is 17.6 Å². The van der Waals surface area contributed by atoms with Crippen molar-refractivity contribution in [2.24, 2.45) is 0 Å². The number of carbonyl (C=O) groups excluding carboxylic acids is 1. The van der Waals surface area contributed by atoms with Crippen LogP contribution in [0.15, 0.2) is 30.3 Å². The highest BCUT2D eigenvalue weighted by molar-refractivity contribution is 6.30. The van der Waals surface area contributed by atoms with Gasteiger partial charge in [0.05, 0.1) is 0 Å². The van der Waals surface area contributed by atoms with Crippen LogP contribution < -0.4 is 0 Å². The number of carbonyl (C=O) groups is 1. The Morgan fingerprint density at radius 2 is 1.93 bits per heavy atom. The van der Waals surface area contributed by atoms with Crippen LogP contribution in [0.5, 0.6) is 0 Å². The first kappa shape index (κ1) is 11.0. The number of ketones is 1. The second-order valence-electron chi connectivity index (χ2n) is 3.14. The predicted molar refractivity (Wildman–Crippen MR) is 60.4 cm³/mol. The number of benzene rings is 1. The van der Waals surface area contributed by atoms with E-state index in [-0.39, 0.29) is 5.78 Å². The molecule has 14 heavy (non-hydrogen) atoms. The van der Waals surface area contributed by atoms with E-state index in [1.54, 1.807) is 13.0 Å². The predicted octanol–water partition coefficient (Wildman–Crippen LogP) is 3.72. The van der Waals surface area contributed by atoms with E-state index in [0.29, 0.717) is 5.02 Å². The number of hydrogen-bond acceptors (Lipinski definition) is 1. The van der Waals surface area contributed by atoms with Crippen LogP contribution in [0.25, 0.3) is 5.57 Å². The molecule has 0 aromatic heterocycles. The summed E-state index contributed by atoms with van der Waals surface area (Å²) in [6.45, 7) is 3.59. The Kier molecular flexibility index (Phi) is 3.90. The monoisotopic (exact) mass is 208 g/mol. The van der Waals surface area contributed by atoms with Crippen LogP contribution in [0, 0.1) is 0 Å². The Balaban J connectivity index is 3.01. The smallest absolute Gasteiger partial charge is 0.152 e. The zero-order valence-corrected chi connectivity index (χ0v) is 9.14. The maximum Gasteiger partial charge on any atom is 0.152 e. The highest BCUT2D eigenvalue weighted by Crippen LogP contribution is 2.20. The summed E-state index contributed by atoms with van der Waals surface area (Å²) >= 11 is 5.78. The first-order valence-electron chi connectivity index (χ1n) is 4.60. The highest BCUT2D eigenvalue weighted by atomic mass is 35.5. The Hall–Kier alpha value is -1.08. The molecule has 0 fully saturated rings. The number of allylic oxidation sites excluding steroid dienone is 2. The van der Waals surface area contributed by atoms with E-state index in [4.69, 9.17) is 11.6 Å². The van der Waals surface area contributed by atoms with E-state index in [2.05, 4.69) is 0 Å². The van der Waals surface area contributed by atoms with Gasteiger partial charge in [-0.2, -0.15) is 0 Å². The second-order valence-corrected chi connectivity index (χ2v) is 3.58. The van der Waals surface area contributed by atoms with Crippen molar-refractivity contribution in [2.75, 3.05) is 0 Å². The van der Waals surface area contributed by atoms with Gasteiger partial charge in [-0.1, -0.05) is 30.7 Å². The zero-order valence-electron chi connectivity index (χ0n) is 8.38. The minimum absolute atomic E-state index is 0.0804. The third-order valence-electron chi connectivity index (χ3n) is 1.97. The van der Waals surface area contributed by atoms with Gasteiger partial charge in [0.15, 0.2) is 5.78 Å². The van der Waals surface area contributed by atoms with E-state index < -0.39 is 0 Å². The molecule has 0 N–H and O–H groups in total. The van der Waals surface area contributed by atoms with Crippen molar-refractivity contribution in [3.05, 3.63) is 40.9 Å². The summed E-state index contributed by atoms with van der Waals surface area (Å²) in [6, 6.07) is 7.53. The molecule has 1 rings (SSSR count). The fraction of sp³-hybridized carbons (Fsp3) is 0.250. The normalized spacial score (nSPS) is 11.5. The molecule has 0 radical (unpaired) electrons. The molecule has 0 aliphatic rings. The van der Waals surface area contributed by atoms with Crippen LogP contribution in [0.3, 0.4) is 0 Å². The van der Waals surface area contributed by atoms with E-state index in [9.17, 15) is 4.79 Å². The van der Waals surface area contributed by atoms with E-state index in [1.165, 1.54) is 0 Å². The molecular weight excluding hydrogens is 196 g/mol. The van der Waals surface area contributed by atoms with Gasteiger partial charge in [-0.3, -0.25) is 4.79 Å². The molecule has 0 unspecified atom stereocenters. The zero-order chi connectivity index (χ0) is 10.6. The summed E-state index contributed by atoms with van der Waals surface area (Å²) in [5, 5.41) is 0.715. The van der Waals surface area contributed by atoms with Gasteiger partial charge in [0.2, 0.25) is 0 Å². The lowest BCUT2D eigenvalue weighted by molar-refractivity contribution is -0.112. The lowest BCUT2D eigenvalue weighted by Crippen LogP contribution is -1.88. The Bertz CT molecular complexity index is 349. The summed E-state index contributed by atoms with van der Waals surface area (Å²) in [5.74, 6) is 0.0804. The SMILES string of the molecule is CC/C(=C/C(C)=O)c1ccc(Cl)cc1. The molecule has 2 heteroatoms. The quantitative estimate of drug-likeness (QED) is 0.692. The minimum atomic E-state index is 0.0804. The van der Waals surface area contributed by atoms with Gasteiger partial charge < -0.3 is 0 Å². The number of rotatable bonds is 3. The summed E-state index contributed by atoms with van der Waals surface area (Å²) in [5.41, 5.74) is 2.11. The summed E-state index contributed by atoms with van der Waals surface area (Å²) in [6.07, 6.45) is 2.52. The van der Waals surface area contributed by atoms with Crippen LogP contribution in [0.1, 0.15) is 25.8 Å². The van der Waals surface area contributed by atoms with Gasteiger partial charge in [0.1, 0.15) is 0 Å². The van der Waals surface area contributed by atoms with Crippen molar-refractivity contribution >= 4 is 23.0 Å². The Morgan fingerprint density at radius 1 is 1.36 bits per heavy atom. The molecule has 1 aromatic rings. The fourth-order valence-electron chi connectivity index (χ4n) is 1.30. The molecule has 1 nitrogen and oxygen atoms in total. The Labute approximate surface area is 89.4 Å². The van der Waals surface area contributed by atoms with Crippen molar-refractivity contribution in [2.45, 2.75) is 20.3 Å². The third-order valence-corrected chi connectivity index (χ3v) is 2.23. The van der Waals surface area contributed by atoms with Gasteiger partial charge in [-0.05, 0) is 42.7 Å². The standard InChI is InChI=1S/C12H13ClO/c1-3-10(8-9(2)14)11-4-6-12(13)7-5-11/h4-8H,3H2,1-2H3/b10-8-. The molecule has 0 atom stereocenters. The van der Waals surface area contributed by atoms with Crippen LogP contribution in [-0.4, -0.2) is 5.78 Å². The maximum atomic E-state index is 11.0. The average Bonchev–Trinajstić information content (AvgIpc) is 2.15. The number of hydrogen-bond donors (Lipinski definition) is 0. The molecule has 0 spiro atoms. The lowest BCUT2D eigenvalue weighted by atomic mass is 10.0. The molecule has 0 saturated heterocycles. The Morgan fingerprint density at radius 3 is 2.36 bits per heavy atom. The topological polar surface area (TPSA) is 17.1 Å². The molecule has 0 aliphatic carbocycles. The van der Waals surface area contributed by atoms with Crippen molar-refractivity contribution in [1.29, 1.82) is 0 Å². The van der Waals surface area contributed by atoms with Gasteiger partial charge in [-0.25, -0.2) is 0 Å². The molecule has 74 valence electrons. The van der Waals surface area contributed by atoms with E-state index >= 15 is 0 Å². The van der Waals surface area contributed by atoms with Crippen molar-refractivity contribution in [3.8, 4) is 0 Å². The lowest BCUT2D eigenvalue weighted by Gasteiger charge is -2.03. The van der Waals surface area contributed by atoms with Crippen molar-refractivity contribution in [3.63, 3.8) is 0 Å². The van der Waals surface area contributed by atoms with Crippen LogP contribution in [-0.2, 0) is 4.79 Å². The third kappa shape index (κ3) is 3.00. The molecular formula is C12H13ClO. The molecule has 0 bridgehead atoms. The molecule has 0 amide bonds. The van der Waals surface area contributed by atoms with Crippen LogP contribution in [0.2, 0.25) is 5.02 Å². The maximum absolute atomic E-state index is 11.0. The second kappa shape index (κ2) is 4.97. The number of halogens is 1. The molecule has 0 saturated carbocycles. The summed E-state index contributed by atoms with van der Waals surface area (Å²) in [7, 11) is 0. The summed E-state index contributed by atoms with van der Waals surface area (Å²) < 4.78 is 0. The largest absolute Gasteiger partial charge is 0.295 e. The van der Waals surface area contributed by atoms with Gasteiger partial charge >= 0.3 is 0 Å². The minimum Gasteiger partial charge on any atom is -0.295 e. The molecule has 0 aliphatic heterocycles. The van der Waals surface area contributed by atoms with Gasteiger partial charge in [-0.15, -0.1) is 0 Å². The average molecular weight is 209 g/mol. The fourth-order valence-corrected chi connectivity index (χ4v) is 1.42. The molecule has 0 heterocycles. The molecule has 1 aromatic carbocycles. The van der Waals surface area contributed by atoms with Crippen molar-refractivity contribution in [1.82, 2.24) is 0 Å². The van der Waals surface area contributed by atoms with Crippen LogP contribution >= 0.6 is 11.6 Å².